The summed E-state index contributed by atoms with van der Waals surface area (Å²) in [7, 11) is 1.56. The van der Waals surface area contributed by atoms with Crippen LogP contribution in [0.25, 0.3) is 0 Å². The lowest BCUT2D eigenvalue weighted by Crippen LogP contribution is -2.27. The van der Waals surface area contributed by atoms with Crippen molar-refractivity contribution in [2.75, 3.05) is 23.1 Å². The van der Waals surface area contributed by atoms with E-state index in [-0.39, 0.29) is 16.8 Å². The summed E-state index contributed by atoms with van der Waals surface area (Å²) in [5, 5.41) is 2.41. The summed E-state index contributed by atoms with van der Waals surface area (Å²) in [6, 6.07) is 18.3. The molecular formula is C24H19F3N2O3S. The molecule has 0 spiro atoms. The number of methoxy groups -OCH3 is 1. The zero-order valence-electron chi connectivity index (χ0n) is 17.4. The van der Waals surface area contributed by atoms with E-state index in [1.165, 1.54) is 11.8 Å². The molecule has 1 aliphatic heterocycles. The van der Waals surface area contributed by atoms with Crippen molar-refractivity contribution in [1.29, 1.82) is 0 Å². The number of carbonyl (C=O) groups excluding carboxylic acids is 2. The Hall–Kier alpha value is -3.46. The van der Waals surface area contributed by atoms with Crippen LogP contribution < -0.4 is 15.0 Å². The standard InChI is InChI=1S/C24H19F3N2O3S/c1-32-20-7-3-6-19(13-20)29-21(30)14-33-23(29)16-4-2-5-18(12-16)28-22(31)15-8-10-17(11-9-15)24(25,26)27/h2-13,23H,14H2,1H3,(H,28,31). The first-order chi connectivity index (χ1) is 15.8. The number of alkyl halides is 3. The topological polar surface area (TPSA) is 58.6 Å². The van der Waals surface area contributed by atoms with Crippen molar-refractivity contribution >= 4 is 35.0 Å². The molecule has 9 heteroatoms. The Balaban J connectivity index is 1.54. The highest BCUT2D eigenvalue weighted by Crippen LogP contribution is 2.43. The van der Waals surface area contributed by atoms with Gasteiger partial charge in [0.1, 0.15) is 11.1 Å². The minimum Gasteiger partial charge on any atom is -0.497 e. The van der Waals surface area contributed by atoms with Crippen molar-refractivity contribution in [3.05, 3.63) is 89.5 Å². The van der Waals surface area contributed by atoms with Crippen molar-refractivity contribution in [3.63, 3.8) is 0 Å². The monoisotopic (exact) mass is 472 g/mol. The van der Waals surface area contributed by atoms with Crippen LogP contribution in [-0.4, -0.2) is 24.7 Å². The van der Waals surface area contributed by atoms with Gasteiger partial charge in [-0.15, -0.1) is 11.8 Å². The minimum absolute atomic E-state index is 0.0440. The number of anilines is 2. The number of amides is 2. The summed E-state index contributed by atoms with van der Waals surface area (Å²) in [6.45, 7) is 0. The van der Waals surface area contributed by atoms with Crippen molar-refractivity contribution in [2.45, 2.75) is 11.6 Å². The molecule has 0 bridgehead atoms. The molecule has 1 aliphatic rings. The molecule has 1 fully saturated rings. The third-order valence-corrected chi connectivity index (χ3v) is 6.32. The van der Waals surface area contributed by atoms with Gasteiger partial charge in [0, 0.05) is 23.0 Å². The van der Waals surface area contributed by atoms with Crippen LogP contribution in [0.3, 0.4) is 0 Å². The number of benzene rings is 3. The van der Waals surface area contributed by atoms with E-state index in [9.17, 15) is 22.8 Å². The molecule has 33 heavy (non-hydrogen) atoms. The highest BCUT2D eigenvalue weighted by Gasteiger charge is 2.34. The van der Waals surface area contributed by atoms with E-state index >= 15 is 0 Å². The second-order valence-electron chi connectivity index (χ2n) is 7.28. The maximum absolute atomic E-state index is 12.7. The molecule has 4 rings (SSSR count). The van der Waals surface area contributed by atoms with E-state index in [0.29, 0.717) is 22.9 Å². The largest absolute Gasteiger partial charge is 0.497 e. The first-order valence-electron chi connectivity index (χ1n) is 9.92. The Bertz CT molecular complexity index is 1180. The van der Waals surface area contributed by atoms with Gasteiger partial charge in [0.2, 0.25) is 5.91 Å². The summed E-state index contributed by atoms with van der Waals surface area (Å²) in [5.74, 6) is 0.371. The molecule has 0 radical (unpaired) electrons. The number of nitrogens with zero attached hydrogens (tertiary/aromatic N) is 1. The Morgan fingerprint density at radius 2 is 1.79 bits per heavy atom. The van der Waals surface area contributed by atoms with Gasteiger partial charge in [0.15, 0.2) is 0 Å². The third-order valence-electron chi connectivity index (χ3n) is 5.10. The zero-order chi connectivity index (χ0) is 23.6. The maximum atomic E-state index is 12.7. The van der Waals surface area contributed by atoms with Crippen LogP contribution in [-0.2, 0) is 11.0 Å². The predicted molar refractivity (Wildman–Crippen MR) is 122 cm³/mol. The van der Waals surface area contributed by atoms with Gasteiger partial charge in [-0.1, -0.05) is 18.2 Å². The lowest BCUT2D eigenvalue weighted by molar-refractivity contribution is -0.137. The van der Waals surface area contributed by atoms with Crippen molar-refractivity contribution in [2.24, 2.45) is 0 Å². The van der Waals surface area contributed by atoms with Gasteiger partial charge < -0.3 is 10.1 Å². The van der Waals surface area contributed by atoms with E-state index < -0.39 is 17.6 Å². The number of halogens is 3. The van der Waals surface area contributed by atoms with Crippen LogP contribution >= 0.6 is 11.8 Å². The van der Waals surface area contributed by atoms with E-state index in [0.717, 1.165) is 29.8 Å². The number of hydrogen-bond acceptors (Lipinski definition) is 4. The van der Waals surface area contributed by atoms with Crippen molar-refractivity contribution < 1.29 is 27.5 Å². The Labute approximate surface area is 192 Å². The summed E-state index contributed by atoms with van der Waals surface area (Å²) in [4.78, 5) is 26.8. The molecule has 3 aromatic rings. The number of hydrogen-bond donors (Lipinski definition) is 1. The summed E-state index contributed by atoms with van der Waals surface area (Å²) in [5.41, 5.74) is 1.27. The van der Waals surface area contributed by atoms with Gasteiger partial charge in [0.05, 0.1) is 18.4 Å². The summed E-state index contributed by atoms with van der Waals surface area (Å²) < 4.78 is 43.5. The lowest BCUT2D eigenvalue weighted by atomic mass is 10.1. The maximum Gasteiger partial charge on any atom is 0.416 e. The average Bonchev–Trinajstić information content (AvgIpc) is 3.20. The molecule has 1 atom stereocenters. The van der Waals surface area contributed by atoms with Gasteiger partial charge in [0.25, 0.3) is 5.91 Å². The molecule has 5 nitrogen and oxygen atoms in total. The van der Waals surface area contributed by atoms with Crippen LogP contribution in [0.2, 0.25) is 0 Å². The van der Waals surface area contributed by atoms with Crippen LogP contribution in [0.1, 0.15) is 26.9 Å². The number of ether oxygens (including phenoxy) is 1. The first kappa shape index (κ1) is 22.7. The summed E-state index contributed by atoms with van der Waals surface area (Å²) >= 11 is 1.46. The van der Waals surface area contributed by atoms with Gasteiger partial charge >= 0.3 is 6.18 Å². The molecule has 1 unspecified atom stereocenters. The third kappa shape index (κ3) is 4.98. The van der Waals surface area contributed by atoms with Gasteiger partial charge in [-0.05, 0) is 54.1 Å². The number of thioether (sulfide) groups is 1. The molecule has 1 heterocycles. The Morgan fingerprint density at radius 3 is 2.48 bits per heavy atom. The van der Waals surface area contributed by atoms with Gasteiger partial charge in [-0.2, -0.15) is 13.2 Å². The summed E-state index contributed by atoms with van der Waals surface area (Å²) in [6.07, 6.45) is -4.46. The SMILES string of the molecule is COc1cccc(N2C(=O)CSC2c2cccc(NC(=O)c3ccc(C(F)(F)F)cc3)c2)c1. The molecule has 0 aliphatic carbocycles. The molecule has 0 aromatic heterocycles. The highest BCUT2D eigenvalue weighted by atomic mass is 32.2. The van der Waals surface area contributed by atoms with Crippen LogP contribution in [0, 0.1) is 0 Å². The van der Waals surface area contributed by atoms with Crippen LogP contribution in [0.4, 0.5) is 24.5 Å². The van der Waals surface area contributed by atoms with Gasteiger partial charge in [-0.25, -0.2) is 0 Å². The minimum atomic E-state index is -4.46. The van der Waals surface area contributed by atoms with E-state index in [4.69, 9.17) is 4.74 Å². The zero-order valence-corrected chi connectivity index (χ0v) is 18.2. The smallest absolute Gasteiger partial charge is 0.416 e. The molecule has 0 saturated carbocycles. The van der Waals surface area contributed by atoms with E-state index in [1.54, 1.807) is 42.3 Å². The second kappa shape index (κ2) is 9.19. The number of nitrogens with one attached hydrogen (secondary N) is 1. The Morgan fingerprint density at radius 1 is 1.06 bits per heavy atom. The van der Waals surface area contributed by atoms with Crippen molar-refractivity contribution in [1.82, 2.24) is 0 Å². The van der Waals surface area contributed by atoms with E-state index in [1.807, 2.05) is 18.2 Å². The molecule has 1 saturated heterocycles. The molecular weight excluding hydrogens is 453 g/mol. The van der Waals surface area contributed by atoms with Gasteiger partial charge in [-0.3, -0.25) is 14.5 Å². The van der Waals surface area contributed by atoms with E-state index in [2.05, 4.69) is 5.32 Å². The number of carbonyl (C=O) groups is 2. The normalized spacial score (nSPS) is 16.1. The molecule has 2 amide bonds. The number of rotatable bonds is 5. The highest BCUT2D eigenvalue weighted by molar-refractivity contribution is 8.00. The fourth-order valence-corrected chi connectivity index (χ4v) is 4.66. The lowest BCUT2D eigenvalue weighted by Gasteiger charge is -2.25. The fourth-order valence-electron chi connectivity index (χ4n) is 3.49. The van der Waals surface area contributed by atoms with Crippen molar-refractivity contribution in [3.8, 4) is 5.75 Å². The molecule has 1 N–H and O–H groups in total. The van der Waals surface area contributed by atoms with Crippen LogP contribution in [0.5, 0.6) is 5.75 Å². The Kier molecular flexibility index (Phi) is 6.33. The molecule has 3 aromatic carbocycles. The quantitative estimate of drug-likeness (QED) is 0.514. The predicted octanol–water partition coefficient (Wildman–Crippen LogP) is 5.74. The van der Waals surface area contributed by atoms with Crippen LogP contribution in [0.15, 0.2) is 72.8 Å². The fraction of sp³-hybridized carbons (Fsp3) is 0.167. The second-order valence-corrected chi connectivity index (χ2v) is 8.35. The first-order valence-corrected chi connectivity index (χ1v) is 11.0. The molecule has 170 valence electrons. The average molecular weight is 472 g/mol.